The second-order valence-corrected chi connectivity index (χ2v) is 7.68. The second-order valence-electron chi connectivity index (χ2n) is 6.68. The number of hydrogen-bond donors (Lipinski definition) is 2. The normalized spacial score (nSPS) is 13.3. The number of carboxylic acid groups (broad SMARTS) is 1. The number of carbonyl (C=O) groups is 2. The van der Waals surface area contributed by atoms with E-state index in [0.717, 1.165) is 5.01 Å². The SMILES string of the molecule is Cc1nc(C(C)(C)C)sc1C(=O)N[C@@H](CC(C)C)C(=O)O. The highest BCUT2D eigenvalue weighted by Gasteiger charge is 2.26. The molecule has 1 rings (SSSR count). The van der Waals surface area contributed by atoms with E-state index in [1.165, 1.54) is 11.3 Å². The lowest BCUT2D eigenvalue weighted by atomic mass is 9.98. The Kier molecular flexibility index (Phi) is 5.50. The summed E-state index contributed by atoms with van der Waals surface area (Å²) in [5.41, 5.74) is 0.522. The van der Waals surface area contributed by atoms with Gasteiger partial charge in [0.2, 0.25) is 0 Å². The molecular weight excluding hydrogens is 288 g/mol. The third-order valence-electron chi connectivity index (χ3n) is 2.95. The lowest BCUT2D eigenvalue weighted by Crippen LogP contribution is -2.41. The highest BCUT2D eigenvalue weighted by Crippen LogP contribution is 2.29. The summed E-state index contributed by atoms with van der Waals surface area (Å²) in [6, 6.07) is -0.864. The fraction of sp³-hybridized carbons (Fsp3) is 0.667. The molecule has 6 heteroatoms. The van der Waals surface area contributed by atoms with Crippen molar-refractivity contribution in [2.45, 2.75) is 59.4 Å². The minimum atomic E-state index is -1.00. The van der Waals surface area contributed by atoms with Crippen molar-refractivity contribution >= 4 is 23.2 Å². The van der Waals surface area contributed by atoms with E-state index in [9.17, 15) is 14.7 Å². The number of amides is 1. The quantitative estimate of drug-likeness (QED) is 0.876. The van der Waals surface area contributed by atoms with E-state index < -0.39 is 12.0 Å². The van der Waals surface area contributed by atoms with Crippen molar-refractivity contribution in [3.63, 3.8) is 0 Å². The van der Waals surface area contributed by atoms with Gasteiger partial charge in [0.25, 0.3) is 5.91 Å². The van der Waals surface area contributed by atoms with Crippen molar-refractivity contribution < 1.29 is 14.7 Å². The lowest BCUT2D eigenvalue weighted by Gasteiger charge is -2.16. The highest BCUT2D eigenvalue weighted by atomic mass is 32.1. The summed E-state index contributed by atoms with van der Waals surface area (Å²) >= 11 is 1.33. The first-order valence-corrected chi connectivity index (χ1v) is 7.85. The Hall–Kier alpha value is -1.43. The number of aryl methyl sites for hydroxylation is 1. The van der Waals surface area contributed by atoms with Gasteiger partial charge in [-0.3, -0.25) is 4.79 Å². The van der Waals surface area contributed by atoms with Crippen LogP contribution in [0.1, 0.15) is 61.4 Å². The third kappa shape index (κ3) is 4.81. The lowest BCUT2D eigenvalue weighted by molar-refractivity contribution is -0.139. The topological polar surface area (TPSA) is 79.3 Å². The predicted molar refractivity (Wildman–Crippen MR) is 83.9 cm³/mol. The smallest absolute Gasteiger partial charge is 0.326 e. The Balaban J connectivity index is 2.93. The Bertz CT molecular complexity index is 530. The van der Waals surface area contributed by atoms with Crippen LogP contribution in [0.3, 0.4) is 0 Å². The van der Waals surface area contributed by atoms with Crippen LogP contribution in [0.2, 0.25) is 0 Å². The van der Waals surface area contributed by atoms with Gasteiger partial charge in [-0.2, -0.15) is 0 Å². The maximum atomic E-state index is 12.3. The summed E-state index contributed by atoms with van der Waals surface area (Å²) < 4.78 is 0. The predicted octanol–water partition coefficient (Wildman–Crippen LogP) is 2.98. The first kappa shape index (κ1) is 17.6. The van der Waals surface area contributed by atoms with Gasteiger partial charge in [-0.25, -0.2) is 9.78 Å². The molecule has 0 bridgehead atoms. The summed E-state index contributed by atoms with van der Waals surface area (Å²) in [6.07, 6.45) is 0.408. The minimum Gasteiger partial charge on any atom is -0.480 e. The average molecular weight is 312 g/mol. The summed E-state index contributed by atoms with van der Waals surface area (Å²) in [7, 11) is 0. The fourth-order valence-corrected chi connectivity index (χ4v) is 2.87. The van der Waals surface area contributed by atoms with Crippen molar-refractivity contribution in [2.24, 2.45) is 5.92 Å². The van der Waals surface area contributed by atoms with E-state index in [1.54, 1.807) is 6.92 Å². The number of carboxylic acids is 1. The molecule has 0 aliphatic heterocycles. The zero-order valence-electron chi connectivity index (χ0n) is 13.5. The first-order chi connectivity index (χ1) is 9.52. The zero-order valence-corrected chi connectivity index (χ0v) is 14.3. The molecule has 1 atom stereocenters. The number of hydrogen-bond acceptors (Lipinski definition) is 4. The number of nitrogens with zero attached hydrogens (tertiary/aromatic N) is 1. The monoisotopic (exact) mass is 312 g/mol. The van der Waals surface area contributed by atoms with Crippen LogP contribution in [0.25, 0.3) is 0 Å². The van der Waals surface area contributed by atoms with Gasteiger partial charge in [0.05, 0.1) is 10.7 Å². The summed E-state index contributed by atoms with van der Waals surface area (Å²) in [5, 5.41) is 12.7. The molecule has 0 aliphatic carbocycles. The van der Waals surface area contributed by atoms with Crippen LogP contribution in [0.4, 0.5) is 0 Å². The molecule has 0 unspecified atom stereocenters. The Morgan fingerprint density at radius 3 is 2.29 bits per heavy atom. The minimum absolute atomic E-state index is 0.127. The van der Waals surface area contributed by atoms with Gasteiger partial charge in [-0.15, -0.1) is 11.3 Å². The largest absolute Gasteiger partial charge is 0.480 e. The van der Waals surface area contributed by atoms with Crippen LogP contribution in [-0.4, -0.2) is 28.0 Å². The van der Waals surface area contributed by atoms with Gasteiger partial charge in [-0.1, -0.05) is 34.6 Å². The van der Waals surface area contributed by atoms with Gasteiger partial charge >= 0.3 is 5.97 Å². The molecule has 0 aliphatic rings. The number of aromatic nitrogens is 1. The van der Waals surface area contributed by atoms with E-state index in [0.29, 0.717) is 17.0 Å². The van der Waals surface area contributed by atoms with Crippen LogP contribution in [-0.2, 0) is 10.2 Å². The van der Waals surface area contributed by atoms with Crippen LogP contribution in [0, 0.1) is 12.8 Å². The van der Waals surface area contributed by atoms with Crippen LogP contribution in [0.5, 0.6) is 0 Å². The standard InChI is InChI=1S/C15H24N2O3S/c1-8(2)7-10(13(19)20)17-12(18)11-9(3)16-14(21-11)15(4,5)6/h8,10H,7H2,1-6H3,(H,17,18)(H,19,20)/t10-/m0/s1. The highest BCUT2D eigenvalue weighted by molar-refractivity contribution is 7.14. The van der Waals surface area contributed by atoms with Crippen LogP contribution < -0.4 is 5.32 Å². The molecule has 0 fully saturated rings. The first-order valence-electron chi connectivity index (χ1n) is 7.04. The zero-order chi connectivity index (χ0) is 16.4. The molecule has 1 heterocycles. The van der Waals surface area contributed by atoms with Gasteiger partial charge < -0.3 is 10.4 Å². The van der Waals surface area contributed by atoms with Crippen molar-refractivity contribution in [1.29, 1.82) is 0 Å². The molecule has 5 nitrogen and oxygen atoms in total. The number of nitrogens with one attached hydrogen (secondary N) is 1. The third-order valence-corrected chi connectivity index (χ3v) is 4.54. The van der Waals surface area contributed by atoms with E-state index in [-0.39, 0.29) is 17.2 Å². The van der Waals surface area contributed by atoms with Crippen LogP contribution in [0.15, 0.2) is 0 Å². The van der Waals surface area contributed by atoms with Crippen LogP contribution >= 0.6 is 11.3 Å². The number of carbonyl (C=O) groups excluding carboxylic acids is 1. The molecule has 0 saturated carbocycles. The molecule has 118 valence electrons. The van der Waals surface area contributed by atoms with Crippen molar-refractivity contribution in [1.82, 2.24) is 10.3 Å². The number of aliphatic carboxylic acids is 1. The van der Waals surface area contributed by atoms with E-state index in [2.05, 4.69) is 10.3 Å². The second kappa shape index (κ2) is 6.56. The Labute approximate surface area is 129 Å². The average Bonchev–Trinajstić information content (AvgIpc) is 2.69. The molecule has 0 radical (unpaired) electrons. The van der Waals surface area contributed by atoms with Gasteiger partial charge in [0, 0.05) is 5.41 Å². The molecule has 2 N–H and O–H groups in total. The molecule has 1 aromatic rings. The van der Waals surface area contributed by atoms with E-state index in [1.807, 2.05) is 34.6 Å². The molecule has 0 saturated heterocycles. The van der Waals surface area contributed by atoms with E-state index in [4.69, 9.17) is 0 Å². The molecule has 21 heavy (non-hydrogen) atoms. The molecule has 0 spiro atoms. The van der Waals surface area contributed by atoms with Crippen molar-refractivity contribution in [3.8, 4) is 0 Å². The van der Waals surface area contributed by atoms with Crippen molar-refractivity contribution in [3.05, 3.63) is 15.6 Å². The Morgan fingerprint density at radius 2 is 1.90 bits per heavy atom. The molecule has 0 aromatic carbocycles. The number of rotatable bonds is 5. The molecular formula is C15H24N2O3S. The molecule has 1 aromatic heterocycles. The summed E-state index contributed by atoms with van der Waals surface area (Å²) in [4.78, 5) is 28.4. The number of thiazole rings is 1. The Morgan fingerprint density at radius 1 is 1.33 bits per heavy atom. The maximum Gasteiger partial charge on any atom is 0.326 e. The fourth-order valence-electron chi connectivity index (χ4n) is 1.84. The van der Waals surface area contributed by atoms with E-state index >= 15 is 0 Å². The summed E-state index contributed by atoms with van der Waals surface area (Å²) in [5.74, 6) is -1.16. The summed E-state index contributed by atoms with van der Waals surface area (Å²) in [6.45, 7) is 11.7. The van der Waals surface area contributed by atoms with Gasteiger partial charge in [0.1, 0.15) is 10.9 Å². The molecule has 1 amide bonds. The van der Waals surface area contributed by atoms with Gasteiger partial charge in [0.15, 0.2) is 0 Å². The van der Waals surface area contributed by atoms with Crippen molar-refractivity contribution in [2.75, 3.05) is 0 Å². The maximum absolute atomic E-state index is 12.3. The van der Waals surface area contributed by atoms with Gasteiger partial charge in [-0.05, 0) is 19.3 Å².